The van der Waals surface area contributed by atoms with E-state index in [-0.39, 0.29) is 0 Å². The van der Waals surface area contributed by atoms with Gasteiger partial charge in [-0.25, -0.2) is 4.98 Å². The molecule has 0 amide bonds. The lowest BCUT2D eigenvalue weighted by molar-refractivity contribution is 0.415. The second kappa shape index (κ2) is 5.09. The van der Waals surface area contributed by atoms with Crippen LogP contribution in [0.25, 0.3) is 11.0 Å². The molecule has 108 valence electrons. The first-order chi connectivity index (χ1) is 9.61. The molecule has 0 aliphatic carbocycles. The van der Waals surface area contributed by atoms with Crippen molar-refractivity contribution in [2.24, 2.45) is 0 Å². The van der Waals surface area contributed by atoms with Crippen LogP contribution in [-0.2, 0) is 0 Å². The molecule has 0 saturated carbocycles. The second-order valence-corrected chi connectivity index (χ2v) is 5.93. The minimum absolute atomic E-state index is 0.413. The van der Waals surface area contributed by atoms with Crippen LogP contribution in [0.3, 0.4) is 0 Å². The van der Waals surface area contributed by atoms with E-state index in [1.54, 1.807) is 7.11 Å². The minimum atomic E-state index is 0.413. The molecule has 1 aromatic carbocycles. The molecule has 1 aromatic heterocycles. The van der Waals surface area contributed by atoms with Crippen molar-refractivity contribution < 1.29 is 4.74 Å². The van der Waals surface area contributed by atoms with E-state index < -0.39 is 0 Å². The van der Waals surface area contributed by atoms with E-state index >= 15 is 0 Å². The van der Waals surface area contributed by atoms with E-state index in [9.17, 15) is 0 Å². The van der Waals surface area contributed by atoms with E-state index in [0.717, 1.165) is 24.2 Å². The number of aromatic nitrogens is 2. The molecular formula is C16H23N3O. The van der Waals surface area contributed by atoms with Gasteiger partial charge >= 0.3 is 0 Å². The van der Waals surface area contributed by atoms with Gasteiger partial charge in [0.25, 0.3) is 0 Å². The Bertz CT molecular complexity index is 617. The molecule has 0 spiro atoms. The summed E-state index contributed by atoms with van der Waals surface area (Å²) in [5, 5.41) is 3.52. The molecule has 20 heavy (non-hydrogen) atoms. The van der Waals surface area contributed by atoms with Crippen molar-refractivity contribution in [1.29, 1.82) is 0 Å². The van der Waals surface area contributed by atoms with E-state index in [4.69, 9.17) is 9.72 Å². The highest BCUT2D eigenvalue weighted by Gasteiger charge is 2.30. The van der Waals surface area contributed by atoms with Gasteiger partial charge in [0.1, 0.15) is 11.6 Å². The zero-order valence-corrected chi connectivity index (χ0v) is 12.7. The lowest BCUT2D eigenvalue weighted by Crippen LogP contribution is -2.24. The van der Waals surface area contributed by atoms with Gasteiger partial charge in [-0.2, -0.15) is 0 Å². The molecule has 1 saturated heterocycles. The number of nitrogens with zero attached hydrogens (tertiary/aromatic N) is 2. The Labute approximate surface area is 120 Å². The molecule has 2 atom stereocenters. The number of fused-ring (bicyclic) bond motifs is 1. The second-order valence-electron chi connectivity index (χ2n) is 5.93. The molecule has 1 aliphatic heterocycles. The Kier molecular flexibility index (Phi) is 3.42. The maximum atomic E-state index is 5.32. The number of hydrogen-bond donors (Lipinski definition) is 1. The average molecular weight is 273 g/mol. The molecule has 1 N–H and O–H groups in total. The van der Waals surface area contributed by atoms with E-state index in [0.29, 0.717) is 18.0 Å². The summed E-state index contributed by atoms with van der Waals surface area (Å²) >= 11 is 0. The third-order valence-electron chi connectivity index (χ3n) is 4.30. The highest BCUT2D eigenvalue weighted by molar-refractivity contribution is 5.78. The lowest BCUT2D eigenvalue weighted by atomic mass is 10.0. The average Bonchev–Trinajstić information content (AvgIpc) is 3.00. The predicted molar refractivity (Wildman–Crippen MR) is 81.5 cm³/mol. The molecule has 1 aliphatic rings. The van der Waals surface area contributed by atoms with Gasteiger partial charge in [-0.3, -0.25) is 0 Å². The van der Waals surface area contributed by atoms with Crippen LogP contribution in [0.15, 0.2) is 18.2 Å². The molecule has 2 unspecified atom stereocenters. The molecule has 0 radical (unpaired) electrons. The summed E-state index contributed by atoms with van der Waals surface area (Å²) in [5.41, 5.74) is 2.24. The monoisotopic (exact) mass is 273 g/mol. The topological polar surface area (TPSA) is 39.1 Å². The van der Waals surface area contributed by atoms with Gasteiger partial charge < -0.3 is 14.6 Å². The van der Waals surface area contributed by atoms with Crippen LogP contribution < -0.4 is 10.1 Å². The summed E-state index contributed by atoms with van der Waals surface area (Å²) in [4.78, 5) is 4.92. The highest BCUT2D eigenvalue weighted by Crippen LogP contribution is 2.33. The Morgan fingerprint density at radius 3 is 2.80 bits per heavy atom. The van der Waals surface area contributed by atoms with Crippen LogP contribution in [0.4, 0.5) is 0 Å². The summed E-state index contributed by atoms with van der Waals surface area (Å²) in [6, 6.07) is 7.08. The van der Waals surface area contributed by atoms with E-state index in [1.807, 2.05) is 12.1 Å². The van der Waals surface area contributed by atoms with Gasteiger partial charge in [0.2, 0.25) is 0 Å². The normalized spacial score (nSPS) is 22.9. The lowest BCUT2D eigenvalue weighted by Gasteiger charge is -2.19. The summed E-state index contributed by atoms with van der Waals surface area (Å²) in [7, 11) is 1.70. The van der Waals surface area contributed by atoms with Crippen LogP contribution in [0, 0.1) is 0 Å². The van der Waals surface area contributed by atoms with Gasteiger partial charge in [0, 0.05) is 24.1 Å². The van der Waals surface area contributed by atoms with Gasteiger partial charge in [-0.05, 0) is 45.9 Å². The summed E-state index contributed by atoms with van der Waals surface area (Å²) in [6.07, 6.45) is 1.16. The Hall–Kier alpha value is -1.55. The molecular weight excluding hydrogens is 250 g/mol. The molecule has 0 bridgehead atoms. The van der Waals surface area contributed by atoms with Crippen LogP contribution in [-0.4, -0.2) is 29.2 Å². The maximum Gasteiger partial charge on any atom is 0.121 e. The quantitative estimate of drug-likeness (QED) is 0.934. The van der Waals surface area contributed by atoms with Crippen molar-refractivity contribution >= 4 is 11.0 Å². The Morgan fingerprint density at radius 2 is 2.20 bits per heavy atom. The van der Waals surface area contributed by atoms with Gasteiger partial charge in [-0.15, -0.1) is 0 Å². The van der Waals surface area contributed by atoms with Crippen molar-refractivity contribution in [2.45, 2.75) is 45.2 Å². The van der Waals surface area contributed by atoms with Gasteiger partial charge in [0.05, 0.1) is 18.1 Å². The molecule has 4 heteroatoms. The first kappa shape index (κ1) is 13.4. The van der Waals surface area contributed by atoms with E-state index in [1.165, 1.54) is 11.3 Å². The summed E-state index contributed by atoms with van der Waals surface area (Å²) in [6.45, 7) is 7.78. The molecule has 2 heterocycles. The smallest absolute Gasteiger partial charge is 0.121 e. The number of benzene rings is 1. The molecule has 1 fully saturated rings. The van der Waals surface area contributed by atoms with Crippen molar-refractivity contribution in [3.05, 3.63) is 24.0 Å². The Morgan fingerprint density at radius 1 is 1.40 bits per heavy atom. The number of hydrogen-bond acceptors (Lipinski definition) is 3. The van der Waals surface area contributed by atoms with Crippen molar-refractivity contribution in [3.63, 3.8) is 0 Å². The zero-order valence-electron chi connectivity index (χ0n) is 12.7. The number of imidazole rings is 1. The number of methoxy groups -OCH3 is 1. The van der Waals surface area contributed by atoms with E-state index in [2.05, 4.69) is 36.7 Å². The standard InChI is InChI=1S/C16H23N3O/c1-10(2)19-15-6-5-12(20-4)9-14(15)18-16(19)13-7-8-17-11(13)3/h5-6,9-11,13,17H,7-8H2,1-4H3. The molecule has 4 nitrogen and oxygen atoms in total. The first-order valence-electron chi connectivity index (χ1n) is 7.41. The summed E-state index contributed by atoms with van der Waals surface area (Å²) < 4.78 is 7.69. The predicted octanol–water partition coefficient (Wildman–Crippen LogP) is 3.09. The third-order valence-corrected chi connectivity index (χ3v) is 4.30. The van der Waals surface area contributed by atoms with Crippen LogP contribution in [0.1, 0.15) is 45.0 Å². The molecule has 3 rings (SSSR count). The van der Waals surface area contributed by atoms with Crippen molar-refractivity contribution in [1.82, 2.24) is 14.9 Å². The third kappa shape index (κ3) is 2.08. The fourth-order valence-corrected chi connectivity index (χ4v) is 3.24. The minimum Gasteiger partial charge on any atom is -0.497 e. The zero-order chi connectivity index (χ0) is 14.3. The molecule has 2 aromatic rings. The van der Waals surface area contributed by atoms with Crippen LogP contribution in [0.2, 0.25) is 0 Å². The fraction of sp³-hybridized carbons (Fsp3) is 0.562. The van der Waals surface area contributed by atoms with Gasteiger partial charge in [-0.1, -0.05) is 0 Å². The fourth-order valence-electron chi connectivity index (χ4n) is 3.24. The van der Waals surface area contributed by atoms with Crippen LogP contribution >= 0.6 is 0 Å². The van der Waals surface area contributed by atoms with Crippen molar-refractivity contribution in [2.75, 3.05) is 13.7 Å². The van der Waals surface area contributed by atoms with Crippen LogP contribution in [0.5, 0.6) is 5.75 Å². The van der Waals surface area contributed by atoms with Gasteiger partial charge in [0.15, 0.2) is 0 Å². The first-order valence-corrected chi connectivity index (χ1v) is 7.41. The number of rotatable bonds is 3. The largest absolute Gasteiger partial charge is 0.497 e. The van der Waals surface area contributed by atoms with Crippen molar-refractivity contribution in [3.8, 4) is 5.75 Å². The number of nitrogens with one attached hydrogen (secondary N) is 1. The Balaban J connectivity index is 2.17. The maximum absolute atomic E-state index is 5.32. The summed E-state index contributed by atoms with van der Waals surface area (Å²) in [5.74, 6) is 2.58. The highest BCUT2D eigenvalue weighted by atomic mass is 16.5. The SMILES string of the molecule is COc1ccc2c(c1)nc(C1CCNC1C)n2C(C)C. The number of ether oxygens (including phenoxy) is 1.